The van der Waals surface area contributed by atoms with Gasteiger partial charge in [0.05, 0.1) is 6.10 Å². The smallest absolute Gasteiger partial charge is 0.248 e. The average molecular weight is 253 g/mol. The monoisotopic (exact) mass is 253 g/mol. The van der Waals surface area contributed by atoms with Gasteiger partial charge in [-0.2, -0.15) is 0 Å². The van der Waals surface area contributed by atoms with E-state index in [1.54, 1.807) is 0 Å². The molecule has 0 spiro atoms. The van der Waals surface area contributed by atoms with Crippen LogP contribution in [0.5, 0.6) is 0 Å². The minimum Gasteiger partial charge on any atom is -0.368 e. The summed E-state index contributed by atoms with van der Waals surface area (Å²) < 4.78 is 5.75. The molecule has 104 valence electrons. The highest BCUT2D eigenvalue weighted by Crippen LogP contribution is 2.23. The molecule has 1 heterocycles. The van der Waals surface area contributed by atoms with Gasteiger partial charge in [-0.25, -0.2) is 0 Å². The summed E-state index contributed by atoms with van der Waals surface area (Å²) in [6, 6.07) is 0.384. The van der Waals surface area contributed by atoms with Crippen molar-refractivity contribution in [3.63, 3.8) is 0 Å². The topological polar surface area (TPSA) is 29.5 Å². The van der Waals surface area contributed by atoms with Crippen molar-refractivity contribution in [1.29, 1.82) is 0 Å². The Labute approximate surface area is 111 Å². The molecule has 0 aromatic rings. The van der Waals surface area contributed by atoms with Crippen LogP contribution < -0.4 is 0 Å². The van der Waals surface area contributed by atoms with Crippen molar-refractivity contribution in [2.24, 2.45) is 5.92 Å². The van der Waals surface area contributed by atoms with Crippen molar-refractivity contribution in [1.82, 2.24) is 4.90 Å². The number of rotatable bonds is 3. The average Bonchev–Trinajstić information content (AvgIpc) is 2.80. The van der Waals surface area contributed by atoms with Gasteiger partial charge < -0.3 is 9.64 Å². The van der Waals surface area contributed by atoms with Gasteiger partial charge in [0, 0.05) is 12.6 Å². The Morgan fingerprint density at radius 2 is 1.83 bits per heavy atom. The van der Waals surface area contributed by atoms with Gasteiger partial charge in [-0.15, -0.1) is 0 Å². The number of likely N-dealkylation sites (tertiary alicyclic amines) is 1. The molecule has 0 radical (unpaired) electrons. The van der Waals surface area contributed by atoms with Crippen LogP contribution in [0, 0.1) is 5.92 Å². The van der Waals surface area contributed by atoms with E-state index in [9.17, 15) is 4.79 Å². The molecule has 0 unspecified atom stereocenters. The van der Waals surface area contributed by atoms with Gasteiger partial charge in [0.1, 0.15) is 6.61 Å². The molecule has 0 aromatic heterocycles. The van der Waals surface area contributed by atoms with Crippen LogP contribution in [0.4, 0.5) is 0 Å². The van der Waals surface area contributed by atoms with Crippen LogP contribution >= 0.6 is 0 Å². The molecule has 2 aliphatic rings. The highest BCUT2D eigenvalue weighted by molar-refractivity contribution is 5.77. The molecule has 0 bridgehead atoms. The van der Waals surface area contributed by atoms with Crippen molar-refractivity contribution in [3.05, 3.63) is 0 Å². The Morgan fingerprint density at radius 1 is 1.11 bits per heavy atom. The number of carbonyl (C=O) groups excluding carboxylic acids is 1. The Hall–Kier alpha value is -0.570. The number of hydrogen-bond donors (Lipinski definition) is 0. The quantitative estimate of drug-likeness (QED) is 0.774. The van der Waals surface area contributed by atoms with Crippen molar-refractivity contribution >= 4 is 5.91 Å². The van der Waals surface area contributed by atoms with Gasteiger partial charge in [0.2, 0.25) is 5.91 Å². The van der Waals surface area contributed by atoms with Crippen molar-refractivity contribution in [3.8, 4) is 0 Å². The van der Waals surface area contributed by atoms with E-state index in [0.717, 1.165) is 25.8 Å². The molecule has 2 fully saturated rings. The fraction of sp³-hybridized carbons (Fsp3) is 0.933. The van der Waals surface area contributed by atoms with E-state index < -0.39 is 0 Å². The largest absolute Gasteiger partial charge is 0.368 e. The third kappa shape index (κ3) is 3.71. The van der Waals surface area contributed by atoms with Gasteiger partial charge in [0.25, 0.3) is 0 Å². The molecule has 0 aromatic carbocycles. The molecule has 2 rings (SSSR count). The molecule has 1 amide bonds. The molecular formula is C15H27NO2. The molecule has 3 nitrogen and oxygen atoms in total. The van der Waals surface area contributed by atoms with Crippen molar-refractivity contribution in [2.45, 2.75) is 70.9 Å². The molecule has 0 N–H and O–H groups in total. The summed E-state index contributed by atoms with van der Waals surface area (Å²) in [5.74, 6) is 0.827. The molecule has 1 saturated heterocycles. The maximum Gasteiger partial charge on any atom is 0.248 e. The second-order valence-corrected chi connectivity index (χ2v) is 6.15. The fourth-order valence-electron chi connectivity index (χ4n) is 3.20. The van der Waals surface area contributed by atoms with Crippen molar-refractivity contribution in [2.75, 3.05) is 13.2 Å². The van der Waals surface area contributed by atoms with Gasteiger partial charge >= 0.3 is 0 Å². The Kier molecular flexibility index (Phi) is 5.04. The standard InChI is InChI=1S/C15H27NO2/c1-12-6-5-7-13(2)16(10-12)15(17)11-18-14-8-3-4-9-14/h12-14H,3-11H2,1-2H3/t12-,13-/m1/s1. The minimum absolute atomic E-state index is 0.197. The number of hydrogen-bond acceptors (Lipinski definition) is 2. The predicted molar refractivity (Wildman–Crippen MR) is 72.4 cm³/mol. The normalized spacial score (nSPS) is 30.4. The number of ether oxygens (including phenoxy) is 1. The minimum atomic E-state index is 0.197. The second kappa shape index (κ2) is 6.55. The van der Waals surface area contributed by atoms with E-state index in [2.05, 4.69) is 13.8 Å². The van der Waals surface area contributed by atoms with Gasteiger partial charge in [-0.1, -0.05) is 26.2 Å². The summed E-state index contributed by atoms with van der Waals surface area (Å²) in [5, 5.41) is 0. The summed E-state index contributed by atoms with van der Waals surface area (Å²) in [6.07, 6.45) is 8.77. The number of nitrogens with zero attached hydrogens (tertiary/aromatic N) is 1. The van der Waals surface area contributed by atoms with Crippen LogP contribution in [0.2, 0.25) is 0 Å². The number of carbonyl (C=O) groups is 1. The zero-order valence-electron chi connectivity index (χ0n) is 11.9. The summed E-state index contributed by atoms with van der Waals surface area (Å²) in [6.45, 7) is 5.62. The summed E-state index contributed by atoms with van der Waals surface area (Å²) in [4.78, 5) is 14.3. The van der Waals surface area contributed by atoms with E-state index in [0.29, 0.717) is 24.7 Å². The molecule has 2 atom stereocenters. The first kappa shape index (κ1) is 13.9. The Balaban J connectivity index is 1.81. The molecule has 3 heteroatoms. The number of amides is 1. The molecule has 1 aliphatic heterocycles. The highest BCUT2D eigenvalue weighted by atomic mass is 16.5. The van der Waals surface area contributed by atoms with E-state index in [1.807, 2.05) is 4.90 Å². The van der Waals surface area contributed by atoms with Crippen LogP contribution in [0.3, 0.4) is 0 Å². The van der Waals surface area contributed by atoms with Gasteiger partial charge in [0.15, 0.2) is 0 Å². The molecule has 18 heavy (non-hydrogen) atoms. The first-order chi connectivity index (χ1) is 8.66. The maximum atomic E-state index is 12.3. The van der Waals surface area contributed by atoms with Crippen LogP contribution in [-0.4, -0.2) is 36.1 Å². The van der Waals surface area contributed by atoms with E-state index in [4.69, 9.17) is 4.74 Å². The fourth-order valence-corrected chi connectivity index (χ4v) is 3.20. The summed E-state index contributed by atoms with van der Waals surface area (Å²) >= 11 is 0. The third-order valence-electron chi connectivity index (χ3n) is 4.42. The van der Waals surface area contributed by atoms with Crippen LogP contribution in [-0.2, 0) is 9.53 Å². The first-order valence-electron chi connectivity index (χ1n) is 7.58. The first-order valence-corrected chi connectivity index (χ1v) is 7.58. The highest BCUT2D eigenvalue weighted by Gasteiger charge is 2.26. The van der Waals surface area contributed by atoms with Gasteiger partial charge in [-0.05, 0) is 38.5 Å². The third-order valence-corrected chi connectivity index (χ3v) is 4.42. The van der Waals surface area contributed by atoms with E-state index in [1.165, 1.54) is 25.7 Å². The second-order valence-electron chi connectivity index (χ2n) is 6.15. The van der Waals surface area contributed by atoms with Crippen molar-refractivity contribution < 1.29 is 9.53 Å². The lowest BCUT2D eigenvalue weighted by Crippen LogP contribution is -2.42. The Bertz CT molecular complexity index is 274. The van der Waals surface area contributed by atoms with E-state index in [-0.39, 0.29) is 5.91 Å². The lowest BCUT2D eigenvalue weighted by atomic mass is 10.1. The van der Waals surface area contributed by atoms with Crippen LogP contribution in [0.15, 0.2) is 0 Å². The lowest BCUT2D eigenvalue weighted by molar-refractivity contribution is -0.140. The van der Waals surface area contributed by atoms with E-state index >= 15 is 0 Å². The van der Waals surface area contributed by atoms with Gasteiger partial charge in [-0.3, -0.25) is 4.79 Å². The molecular weight excluding hydrogens is 226 g/mol. The lowest BCUT2D eigenvalue weighted by Gasteiger charge is -2.29. The SMILES string of the molecule is C[C@@H]1CCC[C@@H](C)N(C(=O)COC2CCCC2)C1. The summed E-state index contributed by atoms with van der Waals surface area (Å²) in [7, 11) is 0. The maximum absolute atomic E-state index is 12.3. The summed E-state index contributed by atoms with van der Waals surface area (Å²) in [5.41, 5.74) is 0. The molecule has 1 saturated carbocycles. The molecule has 1 aliphatic carbocycles. The zero-order valence-corrected chi connectivity index (χ0v) is 11.9. The van der Waals surface area contributed by atoms with Crippen LogP contribution in [0.1, 0.15) is 58.8 Å². The Morgan fingerprint density at radius 3 is 2.56 bits per heavy atom. The predicted octanol–water partition coefficient (Wildman–Crippen LogP) is 2.98. The van der Waals surface area contributed by atoms with Crippen LogP contribution in [0.25, 0.3) is 0 Å². The zero-order chi connectivity index (χ0) is 13.0.